The Balaban J connectivity index is 1.47. The van der Waals surface area contributed by atoms with Gasteiger partial charge < -0.3 is 19.7 Å². The van der Waals surface area contributed by atoms with Gasteiger partial charge in [-0.1, -0.05) is 30.3 Å². The van der Waals surface area contributed by atoms with Crippen LogP contribution in [-0.2, 0) is 20.9 Å². The summed E-state index contributed by atoms with van der Waals surface area (Å²) >= 11 is 1.62. The van der Waals surface area contributed by atoms with Crippen molar-refractivity contribution in [2.45, 2.75) is 30.2 Å². The predicted octanol–water partition coefficient (Wildman–Crippen LogP) is 2.86. The van der Waals surface area contributed by atoms with Gasteiger partial charge in [-0.2, -0.15) is 0 Å². The molecule has 2 atom stereocenters. The monoisotopic (exact) mass is 471 g/mol. The van der Waals surface area contributed by atoms with Gasteiger partial charge in [0.1, 0.15) is 10.9 Å². The summed E-state index contributed by atoms with van der Waals surface area (Å²) in [5, 5.41) is 14.4. The van der Waals surface area contributed by atoms with Crippen LogP contribution >= 0.6 is 11.8 Å². The van der Waals surface area contributed by atoms with Crippen molar-refractivity contribution in [3.8, 4) is 11.5 Å². The number of rotatable bonds is 8. The second-order valence-corrected chi connectivity index (χ2v) is 9.17. The number of nitro groups is 1. The summed E-state index contributed by atoms with van der Waals surface area (Å²) < 4.78 is 10.4. The highest BCUT2D eigenvalue weighted by atomic mass is 32.2. The Morgan fingerprint density at radius 1 is 1.24 bits per heavy atom. The first-order chi connectivity index (χ1) is 15.9. The van der Waals surface area contributed by atoms with Gasteiger partial charge in [0.05, 0.1) is 25.2 Å². The molecular formula is C23H25N3O6S. The van der Waals surface area contributed by atoms with E-state index in [0.29, 0.717) is 29.9 Å². The number of nitrogens with zero attached hydrogens (tertiary/aromatic N) is 2. The third-order valence-electron chi connectivity index (χ3n) is 6.13. The Bertz CT molecular complexity index is 1080. The minimum atomic E-state index is -0.578. The minimum absolute atomic E-state index is 0.0282. The van der Waals surface area contributed by atoms with Crippen molar-refractivity contribution >= 4 is 29.3 Å². The normalized spacial score (nSPS) is 21.6. The van der Waals surface area contributed by atoms with E-state index in [9.17, 15) is 19.7 Å². The van der Waals surface area contributed by atoms with Crippen molar-refractivity contribution in [1.82, 2.24) is 10.2 Å². The fraction of sp³-hybridized carbons (Fsp3) is 0.391. The summed E-state index contributed by atoms with van der Waals surface area (Å²) in [6.45, 7) is 0.191. The van der Waals surface area contributed by atoms with Crippen molar-refractivity contribution in [3.63, 3.8) is 0 Å². The molecule has 2 heterocycles. The second kappa shape index (κ2) is 9.30. The van der Waals surface area contributed by atoms with E-state index in [1.54, 1.807) is 22.7 Å². The van der Waals surface area contributed by atoms with E-state index in [4.69, 9.17) is 9.47 Å². The molecule has 0 bridgehead atoms. The van der Waals surface area contributed by atoms with Crippen LogP contribution in [0.25, 0.3) is 0 Å². The molecule has 0 unspecified atom stereocenters. The van der Waals surface area contributed by atoms with Gasteiger partial charge in [-0.25, -0.2) is 0 Å². The zero-order valence-corrected chi connectivity index (χ0v) is 19.2. The number of nitro benzene ring substituents is 1. The summed E-state index contributed by atoms with van der Waals surface area (Å²) in [6, 6.07) is 12.1. The van der Waals surface area contributed by atoms with Crippen LogP contribution in [0.3, 0.4) is 0 Å². The maximum atomic E-state index is 13.0. The highest BCUT2D eigenvalue weighted by molar-refractivity contribution is 8.00. The fourth-order valence-corrected chi connectivity index (χ4v) is 6.21. The van der Waals surface area contributed by atoms with Gasteiger partial charge in [-0.05, 0) is 24.5 Å². The molecule has 2 aromatic rings. The van der Waals surface area contributed by atoms with Crippen molar-refractivity contribution in [2.24, 2.45) is 0 Å². The maximum absolute atomic E-state index is 13.0. The molecule has 0 aromatic heterocycles. The topological polar surface area (TPSA) is 111 Å². The summed E-state index contributed by atoms with van der Waals surface area (Å²) in [5.41, 5.74) is 1.35. The van der Waals surface area contributed by atoms with Crippen molar-refractivity contribution in [2.75, 3.05) is 26.5 Å². The molecule has 9 nitrogen and oxygen atoms in total. The lowest BCUT2D eigenvalue weighted by atomic mass is 10.0. The average molecular weight is 472 g/mol. The van der Waals surface area contributed by atoms with E-state index in [1.165, 1.54) is 20.3 Å². The fourth-order valence-electron chi connectivity index (χ4n) is 4.55. The van der Waals surface area contributed by atoms with Gasteiger partial charge in [-0.3, -0.25) is 19.7 Å². The molecule has 1 N–H and O–H groups in total. The summed E-state index contributed by atoms with van der Waals surface area (Å²) in [7, 11) is 2.87. The van der Waals surface area contributed by atoms with E-state index in [-0.39, 0.29) is 36.2 Å². The molecule has 174 valence electrons. The largest absolute Gasteiger partial charge is 0.493 e. The number of carbonyl (C=O) groups is 2. The third kappa shape index (κ3) is 4.10. The van der Waals surface area contributed by atoms with Crippen molar-refractivity contribution in [1.29, 1.82) is 0 Å². The Hall–Kier alpha value is -3.27. The van der Waals surface area contributed by atoms with Gasteiger partial charge in [0, 0.05) is 24.3 Å². The number of methoxy groups -OCH3 is 2. The molecule has 10 heteroatoms. The van der Waals surface area contributed by atoms with Crippen molar-refractivity contribution < 1.29 is 24.0 Å². The summed E-state index contributed by atoms with van der Waals surface area (Å²) in [4.78, 5) is 38.0. The molecule has 0 saturated carbocycles. The van der Waals surface area contributed by atoms with E-state index in [0.717, 1.165) is 5.56 Å². The number of ether oxygens (including phenoxy) is 2. The molecule has 2 fully saturated rings. The molecule has 33 heavy (non-hydrogen) atoms. The summed E-state index contributed by atoms with van der Waals surface area (Å²) in [6.07, 6.45) is 1.31. The number of hydrogen-bond acceptors (Lipinski definition) is 7. The van der Waals surface area contributed by atoms with Crippen LogP contribution in [0.15, 0.2) is 42.5 Å². The smallest absolute Gasteiger partial charge is 0.276 e. The third-order valence-corrected chi connectivity index (χ3v) is 7.73. The Labute approximate surface area is 195 Å². The predicted molar refractivity (Wildman–Crippen MR) is 123 cm³/mol. The van der Waals surface area contributed by atoms with Gasteiger partial charge in [0.25, 0.3) is 5.69 Å². The van der Waals surface area contributed by atoms with Crippen LogP contribution in [0.5, 0.6) is 11.5 Å². The number of fused-ring (bicyclic) bond motifs is 1. The molecular weight excluding hydrogens is 446 g/mol. The van der Waals surface area contributed by atoms with Crippen LogP contribution in [0.2, 0.25) is 0 Å². The Kier molecular flexibility index (Phi) is 6.46. The van der Waals surface area contributed by atoms with E-state index in [2.05, 4.69) is 5.32 Å². The first-order valence-electron chi connectivity index (χ1n) is 10.6. The van der Waals surface area contributed by atoms with Crippen LogP contribution in [0.1, 0.15) is 24.0 Å². The SMILES string of the molecule is COc1cc(CCNC(=O)[C@H]2CS[C@]3(c4ccccc4)CCC(=O)N23)c([N+](=O)[O-])cc1OC. The molecule has 2 aliphatic heterocycles. The number of carbonyl (C=O) groups excluding carboxylic acids is 2. The van der Waals surface area contributed by atoms with Gasteiger partial charge in [0.15, 0.2) is 11.5 Å². The second-order valence-electron chi connectivity index (χ2n) is 7.87. The molecule has 2 saturated heterocycles. The van der Waals surface area contributed by atoms with Crippen LogP contribution < -0.4 is 14.8 Å². The van der Waals surface area contributed by atoms with E-state index in [1.807, 2.05) is 30.3 Å². The van der Waals surface area contributed by atoms with Crippen LogP contribution in [-0.4, -0.2) is 54.2 Å². The quantitative estimate of drug-likeness (QED) is 0.465. The zero-order chi connectivity index (χ0) is 23.6. The molecule has 2 aliphatic rings. The van der Waals surface area contributed by atoms with Crippen molar-refractivity contribution in [3.05, 3.63) is 63.7 Å². The highest BCUT2D eigenvalue weighted by Gasteiger charge is 2.56. The van der Waals surface area contributed by atoms with Crippen LogP contribution in [0, 0.1) is 10.1 Å². The van der Waals surface area contributed by atoms with Gasteiger partial charge in [0.2, 0.25) is 11.8 Å². The number of benzene rings is 2. The van der Waals surface area contributed by atoms with E-state index < -0.39 is 15.8 Å². The Morgan fingerprint density at radius 3 is 2.61 bits per heavy atom. The molecule has 2 amide bonds. The molecule has 4 rings (SSSR count). The number of nitrogens with one attached hydrogen (secondary N) is 1. The lowest BCUT2D eigenvalue weighted by molar-refractivity contribution is -0.385. The first kappa shape index (κ1) is 22.9. The molecule has 0 aliphatic carbocycles. The van der Waals surface area contributed by atoms with E-state index >= 15 is 0 Å². The zero-order valence-electron chi connectivity index (χ0n) is 18.4. The number of thioether (sulfide) groups is 1. The molecule has 2 aromatic carbocycles. The molecule has 0 spiro atoms. The van der Waals surface area contributed by atoms with Crippen LogP contribution in [0.4, 0.5) is 5.69 Å². The maximum Gasteiger partial charge on any atom is 0.276 e. The molecule has 0 radical (unpaired) electrons. The van der Waals surface area contributed by atoms with Gasteiger partial charge >= 0.3 is 0 Å². The lowest BCUT2D eigenvalue weighted by Gasteiger charge is -2.34. The lowest BCUT2D eigenvalue weighted by Crippen LogP contribution is -2.50. The van der Waals surface area contributed by atoms with Gasteiger partial charge in [-0.15, -0.1) is 11.8 Å². The number of hydrogen-bond donors (Lipinski definition) is 1. The summed E-state index contributed by atoms with van der Waals surface area (Å²) in [5.74, 6) is 0.873. The highest BCUT2D eigenvalue weighted by Crippen LogP contribution is 2.54. The first-order valence-corrected chi connectivity index (χ1v) is 11.6. The number of amides is 2. The average Bonchev–Trinajstić information content (AvgIpc) is 3.38. The standard InChI is InChI=1S/C23H25N3O6S/c1-31-19-12-15(17(26(29)30)13-20(19)32-2)9-11-24-22(28)18-14-33-23(10-8-21(27)25(18)23)16-6-4-3-5-7-16/h3-7,12-13,18H,8-11,14H2,1-2H3,(H,24,28)/t18-,23+/m1/s1. The Morgan fingerprint density at radius 2 is 1.94 bits per heavy atom. The minimum Gasteiger partial charge on any atom is -0.493 e.